The molecule has 2 unspecified atom stereocenters. The molecule has 2 saturated carbocycles. The molecule has 0 amide bonds. The fourth-order valence-electron chi connectivity index (χ4n) is 8.35. The molecule has 0 aromatic rings. The molecular formula is C28H38O11. The second kappa shape index (κ2) is 9.09. The predicted molar refractivity (Wildman–Crippen MR) is 132 cm³/mol. The van der Waals surface area contributed by atoms with Gasteiger partial charge in [-0.3, -0.25) is 9.59 Å². The summed E-state index contributed by atoms with van der Waals surface area (Å²) in [7, 11) is 1.11. The van der Waals surface area contributed by atoms with Crippen LogP contribution in [0.2, 0.25) is 0 Å². The molecule has 11 nitrogen and oxygen atoms in total. The minimum Gasteiger partial charge on any atom is -0.467 e. The zero-order valence-electron chi connectivity index (χ0n) is 23.1. The number of carbonyl (C=O) groups excluding carboxylic acids is 4. The zero-order chi connectivity index (χ0) is 28.8. The second-order valence-electron chi connectivity index (χ2n) is 12.7. The number of ether oxygens (including phenoxy) is 4. The number of rotatable bonds is 5. The summed E-state index contributed by atoms with van der Waals surface area (Å²) in [5, 5.41) is 33.8. The standard InChI is InChI=1S/C28H38O11/c1-11(2)12(3)7-17(30)39-20-22-27-10-37-28(22,25(35)36-6)23(33)19(32)21(27)26(5)9-15(29)18(31)13(4)14(26)8-16(27)38-24(20)34/h11-12,16,18-23,31-33H,7-10H2,1-6H3/t12?,16-,18?,19-,20-,21-,22-,23+,26+,27-,28+/m1/s1. The van der Waals surface area contributed by atoms with Crippen LogP contribution in [0.4, 0.5) is 0 Å². The summed E-state index contributed by atoms with van der Waals surface area (Å²) in [5.74, 6) is -5.06. The van der Waals surface area contributed by atoms with Gasteiger partial charge in [0.1, 0.15) is 18.3 Å². The van der Waals surface area contributed by atoms with Gasteiger partial charge < -0.3 is 34.3 Å². The third-order valence-electron chi connectivity index (χ3n) is 10.6. The molecule has 3 aliphatic carbocycles. The zero-order valence-corrected chi connectivity index (χ0v) is 23.1. The third-order valence-corrected chi connectivity index (χ3v) is 10.6. The molecule has 216 valence electrons. The van der Waals surface area contributed by atoms with E-state index in [0.29, 0.717) is 11.1 Å². The molecule has 1 spiro atoms. The van der Waals surface area contributed by atoms with Crippen LogP contribution in [0.25, 0.3) is 0 Å². The van der Waals surface area contributed by atoms with Gasteiger partial charge in [0, 0.05) is 36.0 Å². The van der Waals surface area contributed by atoms with Crippen LogP contribution in [0.3, 0.4) is 0 Å². The number of hydrogen-bond donors (Lipinski definition) is 3. The molecular weight excluding hydrogens is 512 g/mol. The maximum atomic E-state index is 13.5. The van der Waals surface area contributed by atoms with Gasteiger partial charge >= 0.3 is 17.9 Å². The highest BCUT2D eigenvalue weighted by molar-refractivity contribution is 5.90. The van der Waals surface area contributed by atoms with Crippen molar-refractivity contribution in [1.82, 2.24) is 0 Å². The van der Waals surface area contributed by atoms with Crippen LogP contribution >= 0.6 is 0 Å². The highest BCUT2D eigenvalue weighted by Gasteiger charge is 2.84. The lowest BCUT2D eigenvalue weighted by molar-refractivity contribution is -0.277. The molecule has 3 N–H and O–H groups in total. The van der Waals surface area contributed by atoms with E-state index < -0.39 is 82.5 Å². The largest absolute Gasteiger partial charge is 0.467 e. The van der Waals surface area contributed by atoms with Crippen LogP contribution in [0, 0.1) is 34.5 Å². The van der Waals surface area contributed by atoms with Gasteiger partial charge in [-0.1, -0.05) is 33.3 Å². The Kier molecular flexibility index (Phi) is 6.57. The minimum absolute atomic E-state index is 0.0153. The molecule has 4 fully saturated rings. The molecule has 39 heavy (non-hydrogen) atoms. The van der Waals surface area contributed by atoms with Crippen molar-refractivity contribution in [3.8, 4) is 0 Å². The first kappa shape index (κ1) is 28.2. The molecule has 0 aromatic heterocycles. The predicted octanol–water partition coefficient (Wildman–Crippen LogP) is 0.462. The van der Waals surface area contributed by atoms with Gasteiger partial charge in [-0.15, -0.1) is 0 Å². The summed E-state index contributed by atoms with van der Waals surface area (Å²) >= 11 is 0. The van der Waals surface area contributed by atoms with Gasteiger partial charge in [0.25, 0.3) is 0 Å². The molecule has 2 heterocycles. The molecule has 2 aliphatic heterocycles. The average molecular weight is 551 g/mol. The van der Waals surface area contributed by atoms with Crippen molar-refractivity contribution >= 4 is 23.7 Å². The summed E-state index contributed by atoms with van der Waals surface area (Å²) in [6, 6.07) is 0. The van der Waals surface area contributed by atoms with Crippen LogP contribution in [-0.2, 0) is 38.1 Å². The first-order valence-electron chi connectivity index (χ1n) is 13.6. The van der Waals surface area contributed by atoms with Crippen LogP contribution in [0.1, 0.15) is 53.9 Å². The fourth-order valence-corrected chi connectivity index (χ4v) is 8.35. The molecule has 5 rings (SSSR count). The molecule has 0 aromatic carbocycles. The highest BCUT2D eigenvalue weighted by Crippen LogP contribution is 2.72. The van der Waals surface area contributed by atoms with E-state index in [9.17, 15) is 34.5 Å². The maximum absolute atomic E-state index is 13.5. The van der Waals surface area contributed by atoms with E-state index in [0.717, 1.165) is 7.11 Å². The Morgan fingerprint density at radius 3 is 2.41 bits per heavy atom. The van der Waals surface area contributed by atoms with Crippen molar-refractivity contribution in [2.75, 3.05) is 13.7 Å². The topological polar surface area (TPSA) is 166 Å². The van der Waals surface area contributed by atoms with E-state index in [1.165, 1.54) is 0 Å². The Hall–Kier alpha value is -2.34. The van der Waals surface area contributed by atoms with Crippen LogP contribution in [-0.4, -0.2) is 88.8 Å². The molecule has 0 radical (unpaired) electrons. The second-order valence-corrected chi connectivity index (χ2v) is 12.7. The average Bonchev–Trinajstić information content (AvgIpc) is 3.18. The number of fused-ring (bicyclic) bond motifs is 2. The van der Waals surface area contributed by atoms with E-state index in [2.05, 4.69) is 0 Å². The molecule has 2 bridgehead atoms. The van der Waals surface area contributed by atoms with Gasteiger partial charge in [0.15, 0.2) is 5.78 Å². The van der Waals surface area contributed by atoms with Gasteiger partial charge in [-0.2, -0.15) is 0 Å². The van der Waals surface area contributed by atoms with Gasteiger partial charge in [-0.05, 0) is 24.3 Å². The minimum atomic E-state index is -2.21. The number of aliphatic hydroxyl groups is 3. The number of methoxy groups -OCH3 is 1. The van der Waals surface area contributed by atoms with E-state index >= 15 is 0 Å². The Bertz CT molecular complexity index is 1140. The smallest absolute Gasteiger partial charge is 0.348 e. The summed E-state index contributed by atoms with van der Waals surface area (Å²) < 4.78 is 22.8. The van der Waals surface area contributed by atoms with E-state index in [1.54, 1.807) is 13.8 Å². The van der Waals surface area contributed by atoms with Crippen molar-refractivity contribution in [1.29, 1.82) is 0 Å². The Labute approximate surface area is 226 Å². The van der Waals surface area contributed by atoms with Crippen molar-refractivity contribution in [2.45, 2.75) is 90.0 Å². The van der Waals surface area contributed by atoms with Crippen molar-refractivity contribution in [3.05, 3.63) is 11.1 Å². The first-order chi connectivity index (χ1) is 18.2. The lowest BCUT2D eigenvalue weighted by Gasteiger charge is -2.66. The maximum Gasteiger partial charge on any atom is 0.348 e. The summed E-state index contributed by atoms with van der Waals surface area (Å²) in [4.78, 5) is 52.9. The SMILES string of the molecule is COC(=O)[C@@]12OC[C@@]34[C@@H](CC5=C(C)C(O)C(=O)C[C@]5(C)[C@H]3[C@@H](O)[C@@H]1O)OC(=O)[C@H](OC(=O)CC(C)C(C)C)[C@@H]24. The van der Waals surface area contributed by atoms with Gasteiger partial charge in [-0.25, -0.2) is 9.59 Å². The van der Waals surface area contributed by atoms with E-state index in [-0.39, 0.29) is 37.7 Å². The quantitative estimate of drug-likeness (QED) is 0.247. The van der Waals surface area contributed by atoms with Crippen LogP contribution in [0.15, 0.2) is 11.1 Å². The summed E-state index contributed by atoms with van der Waals surface area (Å²) in [6.07, 6.45) is -7.32. The van der Waals surface area contributed by atoms with Crippen LogP contribution < -0.4 is 0 Å². The van der Waals surface area contributed by atoms with E-state index in [4.69, 9.17) is 18.9 Å². The number of aliphatic hydroxyl groups excluding tert-OH is 3. The Morgan fingerprint density at radius 2 is 1.79 bits per heavy atom. The molecule has 5 aliphatic rings. The number of hydrogen-bond acceptors (Lipinski definition) is 11. The van der Waals surface area contributed by atoms with Crippen molar-refractivity contribution in [2.24, 2.45) is 34.5 Å². The summed E-state index contributed by atoms with van der Waals surface area (Å²) in [6.45, 7) is 9.00. The third kappa shape index (κ3) is 3.49. The Balaban J connectivity index is 1.69. The normalized spacial score (nSPS) is 45.3. The van der Waals surface area contributed by atoms with Gasteiger partial charge in [0.2, 0.25) is 11.7 Å². The summed E-state index contributed by atoms with van der Waals surface area (Å²) in [5.41, 5.74) is -3.49. The van der Waals surface area contributed by atoms with Gasteiger partial charge in [0.05, 0.1) is 25.7 Å². The lowest BCUT2D eigenvalue weighted by atomic mass is 9.39. The lowest BCUT2D eigenvalue weighted by Crippen LogP contribution is -2.78. The molecule has 11 heteroatoms. The van der Waals surface area contributed by atoms with Crippen molar-refractivity contribution < 1.29 is 53.4 Å². The highest BCUT2D eigenvalue weighted by atomic mass is 16.6. The monoisotopic (exact) mass is 550 g/mol. The Morgan fingerprint density at radius 1 is 1.13 bits per heavy atom. The molecule has 2 saturated heterocycles. The number of esters is 3. The van der Waals surface area contributed by atoms with E-state index in [1.807, 2.05) is 20.8 Å². The first-order valence-corrected chi connectivity index (χ1v) is 13.6. The molecule has 11 atom stereocenters. The van der Waals surface area contributed by atoms with Crippen LogP contribution in [0.5, 0.6) is 0 Å². The number of Topliss-reactive ketones (excluding diaryl/α,β-unsaturated/α-hetero) is 1. The number of ketones is 1. The van der Waals surface area contributed by atoms with Crippen molar-refractivity contribution in [3.63, 3.8) is 0 Å². The number of carbonyl (C=O) groups is 4. The fraction of sp³-hybridized carbons (Fsp3) is 0.786.